The number of carbonyl (C=O) groups is 3. The second kappa shape index (κ2) is 9.21. The van der Waals surface area contributed by atoms with Gasteiger partial charge in [-0.25, -0.2) is 0 Å². The Morgan fingerprint density at radius 2 is 1.88 bits per heavy atom. The number of hydrogen-bond donors (Lipinski definition) is 0. The van der Waals surface area contributed by atoms with Gasteiger partial charge < -0.3 is 0 Å². The van der Waals surface area contributed by atoms with Crippen molar-refractivity contribution in [2.24, 2.45) is 0 Å². The number of ether oxygens (including phenoxy) is 3. The average molecular weight is 446 g/mol. The van der Waals surface area contributed by atoms with Crippen LogP contribution in [0.25, 0.3) is 0 Å². The van der Waals surface area contributed by atoms with Crippen molar-refractivity contribution in [3.8, 4) is 0 Å². The van der Waals surface area contributed by atoms with E-state index in [1.54, 1.807) is 38.1 Å². The van der Waals surface area contributed by atoms with Gasteiger partial charge in [-0.3, -0.25) is 0 Å². The molecule has 6 nitrogen and oxygen atoms in total. The van der Waals surface area contributed by atoms with Gasteiger partial charge >= 0.3 is 163 Å². The summed E-state index contributed by atoms with van der Waals surface area (Å²) >= 11 is 5.13. The monoisotopic (exact) mass is 446 g/mol. The number of carbonyl (C=O) groups excluding carboxylic acids is 3. The van der Waals surface area contributed by atoms with E-state index in [0.717, 1.165) is 0 Å². The minimum absolute atomic E-state index is 0.143. The molecule has 0 bridgehead atoms. The van der Waals surface area contributed by atoms with Crippen LogP contribution in [0.3, 0.4) is 0 Å². The molecule has 1 aromatic rings. The summed E-state index contributed by atoms with van der Waals surface area (Å²) in [4.78, 5) is 37.2. The first kappa shape index (κ1) is 20.5. The molecular formula is C18H19ClO6Se. The van der Waals surface area contributed by atoms with Gasteiger partial charge in [-0.05, 0) is 0 Å². The fourth-order valence-electron chi connectivity index (χ4n) is 2.31. The van der Waals surface area contributed by atoms with Crippen LogP contribution in [-0.2, 0) is 23.8 Å². The maximum absolute atomic E-state index is 12.6. The normalized spacial score (nSPS) is 19.3. The van der Waals surface area contributed by atoms with Crippen LogP contribution in [0, 0.1) is 0 Å². The van der Waals surface area contributed by atoms with Crippen molar-refractivity contribution in [3.05, 3.63) is 45.4 Å². The Hall–Kier alpha value is -1.82. The van der Waals surface area contributed by atoms with E-state index >= 15 is 0 Å². The second-order valence-corrected chi connectivity index (χ2v) is 8.47. The summed E-state index contributed by atoms with van der Waals surface area (Å²) in [5.74, 6) is -1.84. The van der Waals surface area contributed by atoms with Gasteiger partial charge in [-0.15, -0.1) is 0 Å². The summed E-state index contributed by atoms with van der Waals surface area (Å²) in [6.45, 7) is 3.74. The SMILES string of the molecule is CCOC(=O)C1=CCCC(OC(=O)c2cccc(Cl)c2)(C(=O)OCC)[Se]1. The van der Waals surface area contributed by atoms with Gasteiger partial charge in [-0.2, -0.15) is 0 Å². The zero-order valence-corrected chi connectivity index (χ0v) is 16.9. The first-order valence-electron chi connectivity index (χ1n) is 8.14. The molecule has 1 atom stereocenters. The van der Waals surface area contributed by atoms with Gasteiger partial charge in [0.15, 0.2) is 0 Å². The molecule has 0 spiro atoms. The number of benzene rings is 1. The van der Waals surface area contributed by atoms with Crippen LogP contribution in [0.5, 0.6) is 0 Å². The minimum atomic E-state index is -1.50. The fourth-order valence-corrected chi connectivity index (χ4v) is 4.98. The van der Waals surface area contributed by atoms with Crippen LogP contribution in [-0.4, -0.2) is 50.6 Å². The molecule has 1 heterocycles. The van der Waals surface area contributed by atoms with E-state index in [1.165, 1.54) is 6.07 Å². The van der Waals surface area contributed by atoms with Crippen LogP contribution in [0.4, 0.5) is 0 Å². The van der Waals surface area contributed by atoms with Crippen LogP contribution >= 0.6 is 11.6 Å². The molecule has 0 radical (unpaired) electrons. The van der Waals surface area contributed by atoms with E-state index in [9.17, 15) is 14.4 Å². The molecule has 0 aliphatic carbocycles. The third-order valence-corrected chi connectivity index (χ3v) is 6.50. The molecular weight excluding hydrogens is 427 g/mol. The van der Waals surface area contributed by atoms with E-state index in [0.29, 0.717) is 15.9 Å². The molecule has 1 aliphatic heterocycles. The van der Waals surface area contributed by atoms with Crippen LogP contribution < -0.4 is 0 Å². The molecule has 2 rings (SSSR count). The molecule has 0 N–H and O–H groups in total. The number of allylic oxidation sites excluding steroid dienone is 1. The Kier molecular flexibility index (Phi) is 7.26. The third kappa shape index (κ3) is 4.87. The molecule has 26 heavy (non-hydrogen) atoms. The zero-order valence-electron chi connectivity index (χ0n) is 14.5. The first-order valence-corrected chi connectivity index (χ1v) is 10.2. The Morgan fingerprint density at radius 1 is 1.15 bits per heavy atom. The van der Waals surface area contributed by atoms with Crippen LogP contribution in [0.2, 0.25) is 5.02 Å². The predicted molar refractivity (Wildman–Crippen MR) is 95.9 cm³/mol. The van der Waals surface area contributed by atoms with Gasteiger partial charge in [0, 0.05) is 0 Å². The Labute approximate surface area is 163 Å². The zero-order chi connectivity index (χ0) is 19.2. The van der Waals surface area contributed by atoms with E-state index in [1.807, 2.05) is 0 Å². The number of halogens is 1. The average Bonchev–Trinajstić information content (AvgIpc) is 2.62. The number of hydrogen-bond acceptors (Lipinski definition) is 6. The summed E-state index contributed by atoms with van der Waals surface area (Å²) in [5.41, 5.74) is 0.226. The van der Waals surface area contributed by atoms with Crippen molar-refractivity contribution in [2.75, 3.05) is 13.2 Å². The van der Waals surface area contributed by atoms with Crippen LogP contribution in [0.15, 0.2) is 34.8 Å². The molecule has 1 aliphatic rings. The van der Waals surface area contributed by atoms with Gasteiger partial charge in [0.05, 0.1) is 0 Å². The van der Waals surface area contributed by atoms with Crippen molar-refractivity contribution in [1.29, 1.82) is 0 Å². The summed E-state index contributed by atoms with van der Waals surface area (Å²) in [6, 6.07) is 6.25. The first-order chi connectivity index (χ1) is 12.4. The van der Waals surface area contributed by atoms with Crippen molar-refractivity contribution < 1.29 is 28.6 Å². The van der Waals surface area contributed by atoms with Crippen molar-refractivity contribution >= 4 is 44.5 Å². The molecule has 0 saturated carbocycles. The number of esters is 3. The Balaban J connectivity index is 2.28. The van der Waals surface area contributed by atoms with Gasteiger partial charge in [0.1, 0.15) is 0 Å². The Bertz CT molecular complexity index is 732. The Morgan fingerprint density at radius 3 is 2.54 bits per heavy atom. The van der Waals surface area contributed by atoms with Crippen molar-refractivity contribution in [3.63, 3.8) is 0 Å². The van der Waals surface area contributed by atoms with E-state index in [4.69, 9.17) is 25.8 Å². The van der Waals surface area contributed by atoms with E-state index in [2.05, 4.69) is 0 Å². The molecule has 0 saturated heterocycles. The summed E-state index contributed by atoms with van der Waals surface area (Å²) in [7, 11) is 0. The molecule has 140 valence electrons. The quantitative estimate of drug-likeness (QED) is 0.380. The summed E-state index contributed by atoms with van der Waals surface area (Å²) < 4.78 is 14.6. The molecule has 8 heteroatoms. The van der Waals surface area contributed by atoms with E-state index < -0.39 is 37.4 Å². The van der Waals surface area contributed by atoms with Gasteiger partial charge in [-0.1, -0.05) is 0 Å². The third-order valence-electron chi connectivity index (χ3n) is 3.46. The number of rotatable bonds is 6. The summed E-state index contributed by atoms with van der Waals surface area (Å²) in [5, 5.41) is 0.380. The van der Waals surface area contributed by atoms with Crippen molar-refractivity contribution in [2.45, 2.75) is 31.2 Å². The molecule has 1 aromatic carbocycles. The van der Waals surface area contributed by atoms with Gasteiger partial charge in [0.2, 0.25) is 0 Å². The van der Waals surface area contributed by atoms with Crippen molar-refractivity contribution in [1.82, 2.24) is 0 Å². The van der Waals surface area contributed by atoms with Crippen LogP contribution in [0.1, 0.15) is 37.0 Å². The van der Waals surface area contributed by atoms with E-state index in [-0.39, 0.29) is 25.2 Å². The maximum atomic E-state index is 12.6. The molecule has 0 aromatic heterocycles. The molecule has 1 unspecified atom stereocenters. The molecule has 0 amide bonds. The standard InChI is InChI=1S/C18H19ClO6Se/c1-3-23-16(21)14-9-6-10-18(26-14,17(22)24-4-2)25-15(20)12-7-5-8-13(19)11-12/h5,7-9,11H,3-4,6,10H2,1-2H3. The summed E-state index contributed by atoms with van der Waals surface area (Å²) in [6.07, 6.45) is 2.38. The van der Waals surface area contributed by atoms with Gasteiger partial charge in [0.25, 0.3) is 0 Å². The topological polar surface area (TPSA) is 78.9 Å². The predicted octanol–water partition coefficient (Wildman–Crippen LogP) is 2.70. The molecule has 0 fully saturated rings. The second-order valence-electron chi connectivity index (χ2n) is 5.30. The fraction of sp³-hybridized carbons (Fsp3) is 0.389.